The third kappa shape index (κ3) is 3.87. The molecule has 0 aliphatic heterocycles. The summed E-state index contributed by atoms with van der Waals surface area (Å²) in [6.07, 6.45) is 3.10. The van der Waals surface area contributed by atoms with Gasteiger partial charge in [0, 0.05) is 12.7 Å². The second-order valence-corrected chi connectivity index (χ2v) is 4.14. The third-order valence-corrected chi connectivity index (χ3v) is 2.74. The predicted molar refractivity (Wildman–Crippen MR) is 72.0 cm³/mol. The lowest BCUT2D eigenvalue weighted by molar-refractivity contribution is -0.121. The summed E-state index contributed by atoms with van der Waals surface area (Å²) < 4.78 is 13.4. The van der Waals surface area contributed by atoms with Gasteiger partial charge in [-0.1, -0.05) is 12.1 Å². The largest absolute Gasteiger partial charge is 0.374 e. The summed E-state index contributed by atoms with van der Waals surface area (Å²) in [6, 6.07) is 4.48. The van der Waals surface area contributed by atoms with Crippen LogP contribution in [-0.2, 0) is 4.79 Å². The van der Waals surface area contributed by atoms with Gasteiger partial charge in [0.2, 0.25) is 5.91 Å². The van der Waals surface area contributed by atoms with Gasteiger partial charge in [0.25, 0.3) is 0 Å². The highest BCUT2D eigenvalue weighted by Crippen LogP contribution is 2.16. The molecule has 2 N–H and O–H groups in total. The van der Waals surface area contributed by atoms with Crippen LogP contribution in [0.3, 0.4) is 0 Å². The highest BCUT2D eigenvalue weighted by atomic mass is 19.1. The number of aryl methyl sites for hydroxylation is 1. The molecule has 98 valence electrons. The van der Waals surface area contributed by atoms with Gasteiger partial charge in [-0.25, -0.2) is 4.39 Å². The molecule has 1 amide bonds. The van der Waals surface area contributed by atoms with E-state index in [-0.39, 0.29) is 17.8 Å². The fraction of sp³-hybridized carbons (Fsp3) is 0.357. The molecule has 0 fully saturated rings. The molecule has 1 aromatic rings. The molecule has 4 heteroatoms. The van der Waals surface area contributed by atoms with Crippen LogP contribution in [0.1, 0.15) is 18.4 Å². The van der Waals surface area contributed by atoms with Crippen molar-refractivity contribution in [1.82, 2.24) is 5.32 Å². The van der Waals surface area contributed by atoms with Gasteiger partial charge in [0.15, 0.2) is 0 Å². The van der Waals surface area contributed by atoms with Crippen molar-refractivity contribution < 1.29 is 9.18 Å². The van der Waals surface area contributed by atoms with Crippen molar-refractivity contribution in [3.63, 3.8) is 0 Å². The molecule has 18 heavy (non-hydrogen) atoms. The number of carbonyl (C=O) groups excluding carboxylic acids is 1. The van der Waals surface area contributed by atoms with Gasteiger partial charge in [-0.2, -0.15) is 0 Å². The van der Waals surface area contributed by atoms with Crippen molar-refractivity contribution in [3.05, 3.63) is 42.2 Å². The van der Waals surface area contributed by atoms with Crippen molar-refractivity contribution in [3.8, 4) is 0 Å². The van der Waals surface area contributed by atoms with E-state index in [0.29, 0.717) is 17.7 Å². The van der Waals surface area contributed by atoms with Crippen molar-refractivity contribution in [2.75, 3.05) is 12.4 Å². The number of likely N-dealkylation sites (N-methyl/N-ethyl adjacent to an activating group) is 1. The normalized spacial score (nSPS) is 11.7. The highest BCUT2D eigenvalue weighted by Gasteiger charge is 2.16. The molecule has 3 nitrogen and oxygen atoms in total. The van der Waals surface area contributed by atoms with Gasteiger partial charge in [0.1, 0.15) is 11.9 Å². The highest BCUT2D eigenvalue weighted by molar-refractivity contribution is 5.84. The Balaban J connectivity index is 2.78. The lowest BCUT2D eigenvalue weighted by Gasteiger charge is -2.18. The molecular formula is C14H19FN2O. The minimum Gasteiger partial charge on any atom is -0.374 e. The van der Waals surface area contributed by atoms with Gasteiger partial charge >= 0.3 is 0 Å². The van der Waals surface area contributed by atoms with E-state index >= 15 is 0 Å². The Labute approximate surface area is 107 Å². The second kappa shape index (κ2) is 6.79. The Morgan fingerprint density at radius 1 is 1.56 bits per heavy atom. The topological polar surface area (TPSA) is 41.1 Å². The van der Waals surface area contributed by atoms with E-state index in [1.807, 2.05) is 0 Å². The van der Waals surface area contributed by atoms with E-state index in [9.17, 15) is 9.18 Å². The maximum atomic E-state index is 13.4. The lowest BCUT2D eigenvalue weighted by Crippen LogP contribution is -2.37. The molecule has 0 aromatic heterocycles. The van der Waals surface area contributed by atoms with Gasteiger partial charge in [0.05, 0.1) is 0 Å². The maximum Gasteiger partial charge on any atom is 0.242 e. The Bertz CT molecular complexity index is 432. The second-order valence-electron chi connectivity index (χ2n) is 4.14. The molecule has 1 atom stereocenters. The van der Waals surface area contributed by atoms with Gasteiger partial charge in [-0.05, 0) is 37.5 Å². The van der Waals surface area contributed by atoms with Crippen molar-refractivity contribution in [2.24, 2.45) is 0 Å². The van der Waals surface area contributed by atoms with Crippen LogP contribution in [0, 0.1) is 12.7 Å². The van der Waals surface area contributed by atoms with Crippen LogP contribution in [0.15, 0.2) is 30.9 Å². The number of anilines is 1. The molecule has 0 radical (unpaired) electrons. The van der Waals surface area contributed by atoms with Gasteiger partial charge in [-0.3, -0.25) is 4.79 Å². The number of amides is 1. The van der Waals surface area contributed by atoms with Crippen LogP contribution < -0.4 is 10.6 Å². The zero-order valence-corrected chi connectivity index (χ0v) is 10.8. The first kappa shape index (κ1) is 14.2. The number of carbonyl (C=O) groups is 1. The summed E-state index contributed by atoms with van der Waals surface area (Å²) in [5.74, 6) is -0.391. The summed E-state index contributed by atoms with van der Waals surface area (Å²) in [5, 5.41) is 5.62. The van der Waals surface area contributed by atoms with E-state index in [4.69, 9.17) is 0 Å². The average molecular weight is 250 g/mol. The quantitative estimate of drug-likeness (QED) is 0.762. The molecule has 0 saturated heterocycles. The fourth-order valence-electron chi connectivity index (χ4n) is 1.61. The van der Waals surface area contributed by atoms with Crippen molar-refractivity contribution in [1.29, 1.82) is 0 Å². The van der Waals surface area contributed by atoms with E-state index in [1.54, 1.807) is 32.2 Å². The monoisotopic (exact) mass is 250 g/mol. The Morgan fingerprint density at radius 3 is 2.83 bits per heavy atom. The summed E-state index contributed by atoms with van der Waals surface area (Å²) in [7, 11) is 1.58. The first-order valence-corrected chi connectivity index (χ1v) is 5.93. The SMILES string of the molecule is C=CCCC(Nc1ccc(C)c(F)c1)C(=O)NC. The zero-order chi connectivity index (χ0) is 13.5. The van der Waals surface area contributed by atoms with Crippen LogP contribution in [-0.4, -0.2) is 19.0 Å². The summed E-state index contributed by atoms with van der Waals surface area (Å²) in [6.45, 7) is 5.33. The zero-order valence-electron chi connectivity index (χ0n) is 10.8. The van der Waals surface area contributed by atoms with Crippen LogP contribution in [0.4, 0.5) is 10.1 Å². The molecule has 0 spiro atoms. The first-order chi connectivity index (χ1) is 8.58. The number of nitrogens with one attached hydrogen (secondary N) is 2. The van der Waals surface area contributed by atoms with Crippen LogP contribution in [0.2, 0.25) is 0 Å². The van der Waals surface area contributed by atoms with E-state index < -0.39 is 0 Å². The smallest absolute Gasteiger partial charge is 0.242 e. The third-order valence-electron chi connectivity index (χ3n) is 2.74. The molecule has 1 aromatic carbocycles. The molecule has 0 bridgehead atoms. The average Bonchev–Trinajstić information content (AvgIpc) is 2.37. The number of hydrogen-bond acceptors (Lipinski definition) is 2. The minimum atomic E-state index is -0.380. The Morgan fingerprint density at radius 2 is 2.28 bits per heavy atom. The molecule has 1 rings (SSSR count). The van der Waals surface area contributed by atoms with Crippen LogP contribution in [0.5, 0.6) is 0 Å². The summed E-state index contributed by atoms with van der Waals surface area (Å²) in [4.78, 5) is 11.7. The van der Waals surface area contributed by atoms with E-state index in [0.717, 1.165) is 6.42 Å². The van der Waals surface area contributed by atoms with Crippen molar-refractivity contribution in [2.45, 2.75) is 25.8 Å². The molecule has 0 saturated carbocycles. The summed E-state index contributed by atoms with van der Waals surface area (Å²) in [5.41, 5.74) is 1.19. The van der Waals surface area contributed by atoms with Crippen LogP contribution >= 0.6 is 0 Å². The summed E-state index contributed by atoms with van der Waals surface area (Å²) >= 11 is 0. The Kier molecular flexibility index (Phi) is 5.36. The molecule has 0 aliphatic rings. The van der Waals surface area contributed by atoms with Gasteiger partial charge < -0.3 is 10.6 Å². The number of halogens is 1. The Hall–Kier alpha value is -1.84. The number of rotatable bonds is 6. The first-order valence-electron chi connectivity index (χ1n) is 5.93. The molecule has 0 aliphatic carbocycles. The van der Waals surface area contributed by atoms with Gasteiger partial charge in [-0.15, -0.1) is 6.58 Å². The number of allylic oxidation sites excluding steroid dienone is 1. The van der Waals surface area contributed by atoms with Crippen molar-refractivity contribution >= 4 is 11.6 Å². The fourth-order valence-corrected chi connectivity index (χ4v) is 1.61. The standard InChI is InChI=1S/C14H19FN2O/c1-4-5-6-13(14(18)16-3)17-11-8-7-10(2)12(15)9-11/h4,7-9,13,17H,1,5-6H2,2-3H3,(H,16,18). The van der Waals surface area contributed by atoms with E-state index in [2.05, 4.69) is 17.2 Å². The predicted octanol–water partition coefficient (Wildman–Crippen LogP) is 2.63. The molecule has 0 heterocycles. The number of benzene rings is 1. The van der Waals surface area contributed by atoms with E-state index in [1.165, 1.54) is 6.07 Å². The minimum absolute atomic E-state index is 0.113. The van der Waals surface area contributed by atoms with Crippen LogP contribution in [0.25, 0.3) is 0 Å². The molecule has 1 unspecified atom stereocenters. The lowest BCUT2D eigenvalue weighted by atomic mass is 10.1. The molecular weight excluding hydrogens is 231 g/mol. The number of hydrogen-bond donors (Lipinski definition) is 2. The maximum absolute atomic E-state index is 13.4.